The third-order valence-electron chi connectivity index (χ3n) is 5.70. The van der Waals surface area contributed by atoms with Crippen molar-refractivity contribution in [2.24, 2.45) is 0 Å². The molecule has 0 aromatic heterocycles. The van der Waals surface area contributed by atoms with E-state index in [0.29, 0.717) is 30.8 Å². The number of nitrogens with zero attached hydrogens (tertiary/aromatic N) is 2. The summed E-state index contributed by atoms with van der Waals surface area (Å²) in [4.78, 5) is 29.4. The van der Waals surface area contributed by atoms with Gasteiger partial charge in [-0.25, -0.2) is 0 Å². The number of carbonyl (C=O) groups is 2. The summed E-state index contributed by atoms with van der Waals surface area (Å²) in [6.07, 6.45) is 1.12. The summed E-state index contributed by atoms with van der Waals surface area (Å²) in [5.74, 6) is 0.624. The summed E-state index contributed by atoms with van der Waals surface area (Å²) in [7, 11) is 3.33. The van der Waals surface area contributed by atoms with Crippen LogP contribution in [0.15, 0.2) is 42.5 Å². The molecule has 3 rings (SSSR count). The van der Waals surface area contributed by atoms with Crippen molar-refractivity contribution in [3.8, 4) is 5.75 Å². The number of hydrogen-bond acceptors (Lipinski definition) is 6. The van der Waals surface area contributed by atoms with Gasteiger partial charge in [0.05, 0.1) is 18.4 Å². The molecule has 1 aliphatic rings. The van der Waals surface area contributed by atoms with E-state index in [1.165, 1.54) is 0 Å². The Kier molecular flexibility index (Phi) is 8.95. The molecular weight excluding hydrogens is 420 g/mol. The van der Waals surface area contributed by atoms with Crippen LogP contribution < -0.4 is 25.2 Å². The molecule has 1 aliphatic heterocycles. The maximum atomic E-state index is 13.0. The van der Waals surface area contributed by atoms with E-state index in [-0.39, 0.29) is 11.8 Å². The Labute approximate surface area is 195 Å². The van der Waals surface area contributed by atoms with Crippen molar-refractivity contribution >= 4 is 28.9 Å². The molecule has 1 saturated heterocycles. The molecule has 0 saturated carbocycles. The van der Waals surface area contributed by atoms with Crippen LogP contribution in [0.1, 0.15) is 30.1 Å². The number of hydrogen-bond donors (Lipinski definition) is 2. The Hall–Kier alpha value is -3.26. The summed E-state index contributed by atoms with van der Waals surface area (Å²) < 4.78 is 10.6. The lowest BCUT2D eigenvalue weighted by molar-refractivity contribution is -0.115. The van der Waals surface area contributed by atoms with E-state index in [0.717, 1.165) is 49.7 Å². The second-order valence-corrected chi connectivity index (χ2v) is 7.88. The van der Waals surface area contributed by atoms with Crippen molar-refractivity contribution in [1.82, 2.24) is 5.32 Å². The van der Waals surface area contributed by atoms with Gasteiger partial charge in [-0.15, -0.1) is 0 Å². The molecule has 0 unspecified atom stereocenters. The zero-order valence-electron chi connectivity index (χ0n) is 19.7. The summed E-state index contributed by atoms with van der Waals surface area (Å²) in [6.45, 7) is 6.07. The monoisotopic (exact) mass is 454 g/mol. The van der Waals surface area contributed by atoms with Gasteiger partial charge in [0.15, 0.2) is 0 Å². The predicted molar refractivity (Wildman–Crippen MR) is 132 cm³/mol. The first-order chi connectivity index (χ1) is 16.1. The normalized spacial score (nSPS) is 13.5. The first-order valence-electron chi connectivity index (χ1n) is 11.4. The third-order valence-corrected chi connectivity index (χ3v) is 5.70. The number of amides is 2. The molecule has 8 heteroatoms. The minimum Gasteiger partial charge on any atom is -0.495 e. The molecular formula is C25H34N4O4. The highest BCUT2D eigenvalue weighted by Crippen LogP contribution is 2.31. The Morgan fingerprint density at radius 2 is 1.67 bits per heavy atom. The van der Waals surface area contributed by atoms with Crippen LogP contribution in [-0.4, -0.2) is 65.4 Å². The molecule has 2 aromatic rings. The summed E-state index contributed by atoms with van der Waals surface area (Å²) in [6, 6.07) is 13.6. The Morgan fingerprint density at radius 1 is 0.970 bits per heavy atom. The Bertz CT molecular complexity index is 942. The summed E-state index contributed by atoms with van der Waals surface area (Å²) >= 11 is 0. The van der Waals surface area contributed by atoms with Gasteiger partial charge in [-0.05, 0) is 36.8 Å². The SMILES string of the molecule is CCC(=O)Nc1ccc(N2CCN(c3ccccc3OC)CC2)c(C(=O)NCCCOC)c1. The van der Waals surface area contributed by atoms with Crippen molar-refractivity contribution in [2.75, 3.05) is 68.7 Å². The predicted octanol–water partition coefficient (Wildman–Crippen LogP) is 3.14. The molecule has 2 amide bonds. The number of para-hydroxylation sites is 2. The van der Waals surface area contributed by atoms with Gasteiger partial charge in [0, 0.05) is 64.2 Å². The number of nitrogens with one attached hydrogen (secondary N) is 2. The number of rotatable bonds is 10. The fourth-order valence-electron chi connectivity index (χ4n) is 3.91. The lowest BCUT2D eigenvalue weighted by Gasteiger charge is -2.38. The van der Waals surface area contributed by atoms with E-state index in [1.54, 1.807) is 27.2 Å². The van der Waals surface area contributed by atoms with Crippen molar-refractivity contribution in [1.29, 1.82) is 0 Å². The van der Waals surface area contributed by atoms with Crippen LogP contribution in [0.25, 0.3) is 0 Å². The van der Waals surface area contributed by atoms with Crippen LogP contribution >= 0.6 is 0 Å². The highest BCUT2D eigenvalue weighted by Gasteiger charge is 2.23. The van der Waals surface area contributed by atoms with Gasteiger partial charge >= 0.3 is 0 Å². The standard InChI is InChI=1S/C25H34N4O4/c1-4-24(30)27-19-10-11-21(20(18-19)25(31)26-12-7-17-32-2)28-13-15-29(16-14-28)22-8-5-6-9-23(22)33-3/h5-6,8-11,18H,4,7,12-17H2,1-3H3,(H,26,31)(H,27,30). The molecule has 2 aromatic carbocycles. The smallest absolute Gasteiger partial charge is 0.253 e. The van der Waals surface area contributed by atoms with Crippen molar-refractivity contribution in [3.63, 3.8) is 0 Å². The minimum atomic E-state index is -0.152. The highest BCUT2D eigenvalue weighted by molar-refractivity contribution is 6.02. The number of carbonyl (C=O) groups excluding carboxylic acids is 2. The molecule has 2 N–H and O–H groups in total. The van der Waals surface area contributed by atoms with Crippen molar-refractivity contribution < 1.29 is 19.1 Å². The summed E-state index contributed by atoms with van der Waals surface area (Å²) in [5.41, 5.74) is 3.13. The van der Waals surface area contributed by atoms with E-state index in [1.807, 2.05) is 30.3 Å². The molecule has 1 heterocycles. The van der Waals surface area contributed by atoms with Gasteiger partial charge < -0.3 is 29.9 Å². The minimum absolute atomic E-state index is 0.0837. The molecule has 1 fully saturated rings. The molecule has 0 radical (unpaired) electrons. The average molecular weight is 455 g/mol. The van der Waals surface area contributed by atoms with E-state index < -0.39 is 0 Å². The lowest BCUT2D eigenvalue weighted by Crippen LogP contribution is -2.47. The van der Waals surface area contributed by atoms with Crippen LogP contribution in [-0.2, 0) is 9.53 Å². The van der Waals surface area contributed by atoms with Gasteiger partial charge in [-0.2, -0.15) is 0 Å². The van der Waals surface area contributed by atoms with Crippen LogP contribution in [0, 0.1) is 0 Å². The fraction of sp³-hybridized carbons (Fsp3) is 0.440. The van der Waals surface area contributed by atoms with E-state index in [4.69, 9.17) is 9.47 Å². The van der Waals surface area contributed by atoms with E-state index in [9.17, 15) is 9.59 Å². The number of piperazine rings is 1. The number of anilines is 3. The zero-order valence-corrected chi connectivity index (χ0v) is 19.7. The molecule has 178 valence electrons. The lowest BCUT2D eigenvalue weighted by atomic mass is 10.1. The van der Waals surface area contributed by atoms with Gasteiger partial charge in [0.2, 0.25) is 5.91 Å². The molecule has 0 spiro atoms. The van der Waals surface area contributed by atoms with E-state index in [2.05, 4.69) is 26.5 Å². The largest absolute Gasteiger partial charge is 0.495 e. The third kappa shape index (κ3) is 6.38. The zero-order chi connectivity index (χ0) is 23.6. The highest BCUT2D eigenvalue weighted by atomic mass is 16.5. The molecule has 0 atom stereocenters. The number of ether oxygens (including phenoxy) is 2. The second kappa shape index (κ2) is 12.1. The Balaban J connectivity index is 1.76. The Morgan fingerprint density at radius 3 is 2.33 bits per heavy atom. The second-order valence-electron chi connectivity index (χ2n) is 7.88. The molecule has 0 bridgehead atoms. The molecule has 0 aliphatic carbocycles. The van der Waals surface area contributed by atoms with Crippen molar-refractivity contribution in [3.05, 3.63) is 48.0 Å². The maximum Gasteiger partial charge on any atom is 0.253 e. The van der Waals surface area contributed by atoms with Gasteiger partial charge in [-0.3, -0.25) is 9.59 Å². The maximum absolute atomic E-state index is 13.0. The van der Waals surface area contributed by atoms with Crippen molar-refractivity contribution in [2.45, 2.75) is 19.8 Å². The molecule has 33 heavy (non-hydrogen) atoms. The quantitative estimate of drug-likeness (QED) is 0.537. The van der Waals surface area contributed by atoms with Crippen LogP contribution in [0.4, 0.5) is 17.1 Å². The first kappa shape index (κ1) is 24.4. The first-order valence-corrected chi connectivity index (χ1v) is 11.4. The average Bonchev–Trinajstić information content (AvgIpc) is 2.86. The number of methoxy groups -OCH3 is 2. The van der Waals surface area contributed by atoms with Gasteiger partial charge in [0.1, 0.15) is 5.75 Å². The topological polar surface area (TPSA) is 83.1 Å². The van der Waals surface area contributed by atoms with Gasteiger partial charge in [-0.1, -0.05) is 19.1 Å². The number of benzene rings is 2. The van der Waals surface area contributed by atoms with Crippen LogP contribution in [0.3, 0.4) is 0 Å². The van der Waals surface area contributed by atoms with Crippen LogP contribution in [0.5, 0.6) is 5.75 Å². The fourth-order valence-corrected chi connectivity index (χ4v) is 3.91. The van der Waals surface area contributed by atoms with Gasteiger partial charge in [0.25, 0.3) is 5.91 Å². The molecule has 8 nitrogen and oxygen atoms in total. The van der Waals surface area contributed by atoms with E-state index >= 15 is 0 Å². The summed E-state index contributed by atoms with van der Waals surface area (Å²) in [5, 5.41) is 5.83. The van der Waals surface area contributed by atoms with Crippen LogP contribution in [0.2, 0.25) is 0 Å².